The van der Waals surface area contributed by atoms with Gasteiger partial charge in [0.05, 0.1) is 0 Å². The summed E-state index contributed by atoms with van der Waals surface area (Å²) in [5.74, 6) is 0. The second-order valence-electron chi connectivity index (χ2n) is 3.83. The fraction of sp³-hybridized carbons (Fsp3) is 0.385. The lowest BCUT2D eigenvalue weighted by Crippen LogP contribution is -2.39. The zero-order valence-electron chi connectivity index (χ0n) is 9.25. The predicted molar refractivity (Wildman–Crippen MR) is 62.4 cm³/mol. The summed E-state index contributed by atoms with van der Waals surface area (Å²) >= 11 is 0. The number of hydrogen-bond donors (Lipinski definition) is 1. The highest BCUT2D eigenvalue weighted by molar-refractivity contribution is 5.20. The van der Waals surface area contributed by atoms with Crippen molar-refractivity contribution >= 4 is 0 Å². The molecule has 76 valence electrons. The van der Waals surface area contributed by atoms with Gasteiger partial charge in [-0.25, -0.2) is 0 Å². The van der Waals surface area contributed by atoms with Crippen LogP contribution < -0.4 is 5.32 Å². The van der Waals surface area contributed by atoms with Gasteiger partial charge in [0.1, 0.15) is 0 Å². The molecule has 0 radical (unpaired) electrons. The van der Waals surface area contributed by atoms with E-state index in [2.05, 4.69) is 61.6 Å². The van der Waals surface area contributed by atoms with Gasteiger partial charge in [0.25, 0.3) is 0 Å². The van der Waals surface area contributed by atoms with E-state index in [0.717, 1.165) is 6.42 Å². The molecule has 1 aromatic rings. The van der Waals surface area contributed by atoms with Crippen molar-refractivity contribution in [3.63, 3.8) is 0 Å². The van der Waals surface area contributed by atoms with Crippen LogP contribution in [0.1, 0.15) is 19.4 Å². The van der Waals surface area contributed by atoms with Gasteiger partial charge in [0, 0.05) is 5.54 Å². The first-order chi connectivity index (χ1) is 6.70. The largest absolute Gasteiger partial charge is 0.311 e. The number of rotatable bonds is 4. The summed E-state index contributed by atoms with van der Waals surface area (Å²) in [4.78, 5) is 0. The Labute approximate surface area is 86.8 Å². The van der Waals surface area contributed by atoms with Gasteiger partial charge in [-0.05, 0) is 32.9 Å². The van der Waals surface area contributed by atoms with Gasteiger partial charge >= 0.3 is 0 Å². The van der Waals surface area contributed by atoms with Gasteiger partial charge in [0.15, 0.2) is 0 Å². The number of benzene rings is 1. The fourth-order valence-corrected chi connectivity index (χ4v) is 1.62. The third kappa shape index (κ3) is 3.00. The van der Waals surface area contributed by atoms with Gasteiger partial charge in [-0.3, -0.25) is 0 Å². The topological polar surface area (TPSA) is 12.0 Å². The highest BCUT2D eigenvalue weighted by Gasteiger charge is 2.17. The lowest BCUT2D eigenvalue weighted by Gasteiger charge is -2.25. The molecule has 1 atom stereocenters. The highest BCUT2D eigenvalue weighted by Crippen LogP contribution is 2.14. The van der Waals surface area contributed by atoms with Crippen LogP contribution in [-0.2, 0) is 6.42 Å². The maximum absolute atomic E-state index is 3.34. The van der Waals surface area contributed by atoms with Crippen LogP contribution >= 0.6 is 0 Å². The maximum Gasteiger partial charge on any atom is 0.0373 e. The summed E-state index contributed by atoms with van der Waals surface area (Å²) in [6.45, 7) is 4.26. The molecule has 0 aromatic heterocycles. The zero-order valence-corrected chi connectivity index (χ0v) is 9.25. The molecule has 1 heteroatoms. The molecule has 0 bridgehead atoms. The second-order valence-corrected chi connectivity index (χ2v) is 3.83. The molecule has 0 saturated heterocycles. The fourth-order valence-electron chi connectivity index (χ4n) is 1.62. The molecule has 0 aliphatic heterocycles. The Morgan fingerprint density at radius 2 is 1.93 bits per heavy atom. The predicted octanol–water partition coefficient (Wildman–Crippen LogP) is 2.78. The first-order valence-corrected chi connectivity index (χ1v) is 5.07. The molecule has 0 aliphatic carbocycles. The van der Waals surface area contributed by atoms with Crippen molar-refractivity contribution in [1.82, 2.24) is 5.32 Å². The maximum atomic E-state index is 3.34. The van der Waals surface area contributed by atoms with Crippen LogP contribution in [0.25, 0.3) is 0 Å². The third-order valence-corrected chi connectivity index (χ3v) is 2.52. The molecule has 0 heterocycles. The van der Waals surface area contributed by atoms with Crippen molar-refractivity contribution in [3.8, 4) is 0 Å². The summed E-state index contributed by atoms with van der Waals surface area (Å²) in [7, 11) is 2.00. The van der Waals surface area contributed by atoms with Gasteiger partial charge in [-0.1, -0.05) is 42.5 Å². The van der Waals surface area contributed by atoms with E-state index in [0.29, 0.717) is 0 Å². The van der Waals surface area contributed by atoms with E-state index in [1.54, 1.807) is 0 Å². The molecule has 0 saturated carbocycles. The first-order valence-electron chi connectivity index (χ1n) is 5.07. The van der Waals surface area contributed by atoms with Crippen LogP contribution in [0.15, 0.2) is 42.5 Å². The van der Waals surface area contributed by atoms with Crippen molar-refractivity contribution in [2.45, 2.75) is 25.8 Å². The molecule has 0 fully saturated rings. The molecule has 1 N–H and O–H groups in total. The van der Waals surface area contributed by atoms with Gasteiger partial charge in [-0.15, -0.1) is 0 Å². The minimum atomic E-state index is 0.0656. The Morgan fingerprint density at radius 3 is 2.43 bits per heavy atom. The quantitative estimate of drug-likeness (QED) is 0.718. The first kappa shape index (κ1) is 11.0. The third-order valence-electron chi connectivity index (χ3n) is 2.52. The Bertz CT molecular complexity index is 289. The molecular formula is C13H19N. The van der Waals surface area contributed by atoms with E-state index in [1.807, 2.05) is 7.05 Å². The Balaban J connectivity index is 2.75. The number of likely N-dealkylation sites (N-methyl/N-ethyl adjacent to an activating group) is 1. The molecule has 1 aromatic carbocycles. The van der Waals surface area contributed by atoms with E-state index < -0.39 is 0 Å². The zero-order chi connectivity index (χ0) is 10.4. The normalized spacial score (nSPS) is 15.6. The SMILES string of the molecule is C/C=C/C(C)(Cc1ccccc1)NC. The summed E-state index contributed by atoms with van der Waals surface area (Å²) in [6.07, 6.45) is 5.33. The average Bonchev–Trinajstić information content (AvgIpc) is 2.20. The molecule has 1 nitrogen and oxygen atoms in total. The number of hydrogen-bond acceptors (Lipinski definition) is 1. The number of allylic oxidation sites excluding steroid dienone is 1. The minimum Gasteiger partial charge on any atom is -0.311 e. The summed E-state index contributed by atoms with van der Waals surface area (Å²) < 4.78 is 0. The van der Waals surface area contributed by atoms with Crippen LogP contribution in [0.2, 0.25) is 0 Å². The highest BCUT2D eigenvalue weighted by atomic mass is 14.9. The van der Waals surface area contributed by atoms with Gasteiger partial charge < -0.3 is 5.32 Å². The van der Waals surface area contributed by atoms with E-state index >= 15 is 0 Å². The number of nitrogens with one attached hydrogen (secondary N) is 1. The smallest absolute Gasteiger partial charge is 0.0373 e. The van der Waals surface area contributed by atoms with Crippen LogP contribution in [-0.4, -0.2) is 12.6 Å². The van der Waals surface area contributed by atoms with Crippen molar-refractivity contribution in [1.29, 1.82) is 0 Å². The van der Waals surface area contributed by atoms with Crippen LogP contribution in [0.4, 0.5) is 0 Å². The molecular weight excluding hydrogens is 170 g/mol. The van der Waals surface area contributed by atoms with E-state index in [1.165, 1.54) is 5.56 Å². The summed E-state index contributed by atoms with van der Waals surface area (Å²) in [5, 5.41) is 3.34. The van der Waals surface area contributed by atoms with Crippen molar-refractivity contribution in [3.05, 3.63) is 48.0 Å². The standard InChI is InChI=1S/C13H19N/c1-4-10-13(2,14-3)11-12-8-6-5-7-9-12/h4-10,14H,11H2,1-3H3/b10-4+. The molecule has 0 amide bonds. The lowest BCUT2D eigenvalue weighted by atomic mass is 9.92. The monoisotopic (exact) mass is 189 g/mol. The van der Waals surface area contributed by atoms with Crippen LogP contribution in [0.3, 0.4) is 0 Å². The Morgan fingerprint density at radius 1 is 1.29 bits per heavy atom. The molecule has 0 spiro atoms. The summed E-state index contributed by atoms with van der Waals surface area (Å²) in [6, 6.07) is 10.6. The second kappa shape index (κ2) is 4.97. The van der Waals surface area contributed by atoms with Gasteiger partial charge in [0.2, 0.25) is 0 Å². The van der Waals surface area contributed by atoms with Crippen molar-refractivity contribution < 1.29 is 0 Å². The van der Waals surface area contributed by atoms with Crippen LogP contribution in [0.5, 0.6) is 0 Å². The average molecular weight is 189 g/mol. The Kier molecular flexibility index (Phi) is 3.90. The van der Waals surface area contributed by atoms with Crippen molar-refractivity contribution in [2.24, 2.45) is 0 Å². The van der Waals surface area contributed by atoms with Gasteiger partial charge in [-0.2, -0.15) is 0 Å². The Hall–Kier alpha value is -1.08. The minimum absolute atomic E-state index is 0.0656. The van der Waals surface area contributed by atoms with E-state index in [4.69, 9.17) is 0 Å². The van der Waals surface area contributed by atoms with E-state index in [9.17, 15) is 0 Å². The lowest BCUT2D eigenvalue weighted by molar-refractivity contribution is 0.476. The molecule has 1 unspecified atom stereocenters. The molecule has 1 rings (SSSR count). The molecule has 14 heavy (non-hydrogen) atoms. The van der Waals surface area contributed by atoms with E-state index in [-0.39, 0.29) is 5.54 Å². The van der Waals surface area contributed by atoms with Crippen molar-refractivity contribution in [2.75, 3.05) is 7.05 Å². The molecule has 0 aliphatic rings. The summed E-state index contributed by atoms with van der Waals surface area (Å²) in [5.41, 5.74) is 1.43. The van der Waals surface area contributed by atoms with Crippen LogP contribution in [0, 0.1) is 0 Å².